The zero-order valence-corrected chi connectivity index (χ0v) is 31.6. The standard InChI is InChI=1S/C53H36N4/c1-53(2)44-20-12-11-19-43(44)49-48(53)46(47-42-18-10-9-13-34(42)29-30-45(47)54-49)35-23-21-33(22-24-35)38-25-26-40-32-41(28-27-39(40)31-38)52-56-50(36-14-5-3-6-15-36)55-51(57-52)37-16-7-4-8-17-37/h3-32H,1-2H3. The van der Waals surface area contributed by atoms with Gasteiger partial charge in [0.1, 0.15) is 0 Å². The maximum Gasteiger partial charge on any atom is 0.164 e. The molecular formula is C53H36N4. The SMILES string of the molecule is CC1(C)c2ccccc2-c2nc3ccc4ccccc4c3c(-c3ccc(-c4ccc5cc(-c6nc(-c7ccccc7)nc(-c7ccccc7)n6)ccc5c4)cc3)c21. The molecule has 0 spiro atoms. The normalized spacial score (nSPS) is 12.9. The Morgan fingerprint density at radius 3 is 1.61 bits per heavy atom. The highest BCUT2D eigenvalue weighted by atomic mass is 15.0. The predicted molar refractivity (Wildman–Crippen MR) is 235 cm³/mol. The van der Waals surface area contributed by atoms with Crippen LogP contribution in [0.1, 0.15) is 25.0 Å². The fraction of sp³-hybridized carbons (Fsp3) is 0.0566. The lowest BCUT2D eigenvalue weighted by molar-refractivity contribution is 0.662. The van der Waals surface area contributed by atoms with Gasteiger partial charge >= 0.3 is 0 Å². The van der Waals surface area contributed by atoms with E-state index in [9.17, 15) is 0 Å². The molecule has 11 rings (SSSR count). The van der Waals surface area contributed by atoms with Crippen molar-refractivity contribution < 1.29 is 0 Å². The zero-order chi connectivity index (χ0) is 38.1. The average molecular weight is 729 g/mol. The molecule has 0 N–H and O–H groups in total. The lowest BCUT2D eigenvalue weighted by Crippen LogP contribution is -2.16. The quantitative estimate of drug-likeness (QED) is 0.166. The molecule has 0 saturated carbocycles. The molecule has 8 aromatic carbocycles. The summed E-state index contributed by atoms with van der Waals surface area (Å²) in [6.45, 7) is 4.69. The zero-order valence-electron chi connectivity index (χ0n) is 31.6. The topological polar surface area (TPSA) is 51.6 Å². The summed E-state index contributed by atoms with van der Waals surface area (Å²) in [6, 6.07) is 64.4. The molecule has 1 aliphatic rings. The van der Waals surface area contributed by atoms with Crippen molar-refractivity contribution in [3.63, 3.8) is 0 Å². The summed E-state index contributed by atoms with van der Waals surface area (Å²) in [5, 5.41) is 5.95. The summed E-state index contributed by atoms with van der Waals surface area (Å²) in [7, 11) is 0. The van der Waals surface area contributed by atoms with E-state index in [0.29, 0.717) is 17.5 Å². The molecule has 1 aliphatic carbocycles. The number of aromatic nitrogens is 4. The molecule has 0 bridgehead atoms. The molecule has 0 aliphatic heterocycles. The molecule has 57 heavy (non-hydrogen) atoms. The Labute approximate surface area is 331 Å². The first kappa shape index (κ1) is 33.1. The molecule has 0 fully saturated rings. The van der Waals surface area contributed by atoms with Gasteiger partial charge < -0.3 is 0 Å². The molecule has 0 atom stereocenters. The molecule has 10 aromatic rings. The van der Waals surface area contributed by atoms with Gasteiger partial charge in [0.15, 0.2) is 17.5 Å². The van der Waals surface area contributed by atoms with E-state index in [4.69, 9.17) is 19.9 Å². The number of fused-ring (bicyclic) bond motifs is 7. The molecule has 0 saturated heterocycles. The van der Waals surface area contributed by atoms with Crippen molar-refractivity contribution in [1.29, 1.82) is 0 Å². The molecular weight excluding hydrogens is 693 g/mol. The Bertz CT molecular complexity index is 3130. The lowest BCUT2D eigenvalue weighted by Gasteiger charge is -2.25. The van der Waals surface area contributed by atoms with E-state index in [1.165, 1.54) is 55.1 Å². The first-order valence-corrected chi connectivity index (χ1v) is 19.5. The van der Waals surface area contributed by atoms with Crippen LogP contribution >= 0.6 is 0 Å². The molecule has 0 unspecified atom stereocenters. The highest BCUT2D eigenvalue weighted by Gasteiger charge is 2.39. The number of benzene rings is 8. The molecule has 2 aromatic heterocycles. The number of hydrogen-bond donors (Lipinski definition) is 0. The van der Waals surface area contributed by atoms with Crippen molar-refractivity contribution in [3.8, 4) is 67.7 Å². The fourth-order valence-electron chi connectivity index (χ4n) is 8.83. The molecule has 4 nitrogen and oxygen atoms in total. The number of hydrogen-bond acceptors (Lipinski definition) is 4. The van der Waals surface area contributed by atoms with Crippen molar-refractivity contribution >= 4 is 32.4 Å². The Morgan fingerprint density at radius 2 is 0.912 bits per heavy atom. The van der Waals surface area contributed by atoms with Gasteiger partial charge in [-0.3, -0.25) is 0 Å². The van der Waals surface area contributed by atoms with Gasteiger partial charge in [-0.1, -0.05) is 178 Å². The first-order valence-electron chi connectivity index (χ1n) is 19.5. The van der Waals surface area contributed by atoms with Gasteiger partial charge in [0.2, 0.25) is 0 Å². The van der Waals surface area contributed by atoms with Gasteiger partial charge in [0.25, 0.3) is 0 Å². The van der Waals surface area contributed by atoms with Crippen molar-refractivity contribution in [3.05, 3.63) is 193 Å². The Balaban J connectivity index is 0.994. The number of pyridine rings is 1. The Hall–Kier alpha value is -7.30. The van der Waals surface area contributed by atoms with Crippen LogP contribution in [0.5, 0.6) is 0 Å². The summed E-state index contributed by atoms with van der Waals surface area (Å²) in [6.07, 6.45) is 0. The van der Waals surface area contributed by atoms with Gasteiger partial charge in [-0.25, -0.2) is 19.9 Å². The highest BCUT2D eigenvalue weighted by Crippen LogP contribution is 2.54. The van der Waals surface area contributed by atoms with Crippen molar-refractivity contribution in [2.45, 2.75) is 19.3 Å². The summed E-state index contributed by atoms with van der Waals surface area (Å²) in [5.74, 6) is 1.96. The van der Waals surface area contributed by atoms with Crippen LogP contribution in [0.4, 0.5) is 0 Å². The molecule has 2 heterocycles. The second-order valence-corrected chi connectivity index (χ2v) is 15.5. The van der Waals surface area contributed by atoms with Crippen LogP contribution in [-0.2, 0) is 5.41 Å². The van der Waals surface area contributed by atoms with Crippen LogP contribution in [-0.4, -0.2) is 19.9 Å². The second kappa shape index (κ2) is 12.9. The van der Waals surface area contributed by atoms with Crippen LogP contribution in [0.15, 0.2) is 182 Å². The fourth-order valence-corrected chi connectivity index (χ4v) is 8.83. The third-order valence-electron chi connectivity index (χ3n) is 11.7. The van der Waals surface area contributed by atoms with Crippen LogP contribution in [0.3, 0.4) is 0 Å². The van der Waals surface area contributed by atoms with Crippen molar-refractivity contribution in [2.75, 3.05) is 0 Å². The summed E-state index contributed by atoms with van der Waals surface area (Å²) in [4.78, 5) is 20.2. The third kappa shape index (κ3) is 5.44. The van der Waals surface area contributed by atoms with Gasteiger partial charge in [0.05, 0.1) is 11.2 Å². The van der Waals surface area contributed by atoms with Gasteiger partial charge in [0, 0.05) is 33.1 Å². The van der Waals surface area contributed by atoms with Crippen LogP contribution in [0.25, 0.3) is 100 Å². The number of rotatable bonds is 5. The third-order valence-corrected chi connectivity index (χ3v) is 11.7. The van der Waals surface area contributed by atoms with E-state index in [2.05, 4.69) is 135 Å². The Kier molecular flexibility index (Phi) is 7.48. The van der Waals surface area contributed by atoms with Gasteiger partial charge in [-0.05, 0) is 73.1 Å². The van der Waals surface area contributed by atoms with E-state index in [-0.39, 0.29) is 5.41 Å². The minimum absolute atomic E-state index is 0.206. The second-order valence-electron chi connectivity index (χ2n) is 15.5. The van der Waals surface area contributed by atoms with Gasteiger partial charge in [-0.15, -0.1) is 0 Å². The largest absolute Gasteiger partial charge is 0.247 e. The van der Waals surface area contributed by atoms with E-state index >= 15 is 0 Å². The molecule has 268 valence electrons. The molecule has 0 amide bonds. The first-order chi connectivity index (χ1) is 28.0. The maximum absolute atomic E-state index is 5.37. The minimum atomic E-state index is -0.206. The average Bonchev–Trinajstić information content (AvgIpc) is 3.51. The number of nitrogens with zero attached hydrogens (tertiary/aromatic N) is 4. The molecule has 4 heteroatoms. The molecule has 0 radical (unpaired) electrons. The summed E-state index contributed by atoms with van der Waals surface area (Å²) in [5.41, 5.74) is 13.4. The van der Waals surface area contributed by atoms with Gasteiger partial charge in [-0.2, -0.15) is 0 Å². The minimum Gasteiger partial charge on any atom is -0.247 e. The maximum atomic E-state index is 5.37. The van der Waals surface area contributed by atoms with Crippen LogP contribution in [0.2, 0.25) is 0 Å². The van der Waals surface area contributed by atoms with E-state index in [0.717, 1.165) is 38.7 Å². The summed E-state index contributed by atoms with van der Waals surface area (Å²) < 4.78 is 0. The predicted octanol–water partition coefficient (Wildman–Crippen LogP) is 13.4. The summed E-state index contributed by atoms with van der Waals surface area (Å²) >= 11 is 0. The van der Waals surface area contributed by atoms with Crippen molar-refractivity contribution in [2.24, 2.45) is 0 Å². The smallest absolute Gasteiger partial charge is 0.164 e. The van der Waals surface area contributed by atoms with E-state index in [1.54, 1.807) is 0 Å². The Morgan fingerprint density at radius 1 is 0.386 bits per heavy atom. The van der Waals surface area contributed by atoms with Crippen LogP contribution < -0.4 is 0 Å². The van der Waals surface area contributed by atoms with E-state index < -0.39 is 0 Å². The van der Waals surface area contributed by atoms with E-state index in [1.807, 2.05) is 60.7 Å². The highest BCUT2D eigenvalue weighted by molar-refractivity contribution is 6.15. The monoisotopic (exact) mass is 728 g/mol. The van der Waals surface area contributed by atoms with Crippen LogP contribution in [0, 0.1) is 0 Å². The van der Waals surface area contributed by atoms with Crippen molar-refractivity contribution in [1.82, 2.24) is 19.9 Å². The lowest BCUT2D eigenvalue weighted by atomic mass is 9.78.